The van der Waals surface area contributed by atoms with Crippen molar-refractivity contribution in [3.63, 3.8) is 0 Å². The van der Waals surface area contributed by atoms with Crippen molar-refractivity contribution in [2.75, 3.05) is 83.6 Å². The molecule has 496 valence electrons. The van der Waals surface area contributed by atoms with E-state index < -0.39 is 12.2 Å². The Morgan fingerprint density at radius 2 is 0.765 bits per heavy atom. The van der Waals surface area contributed by atoms with Gasteiger partial charge in [-0.15, -0.1) is 0 Å². The smallest absolute Gasteiger partial charge is 0.305 e. The van der Waals surface area contributed by atoms with Crippen LogP contribution in [0.1, 0.15) is 266 Å². The minimum Gasteiger partial charge on any atom is -0.464 e. The SMILES string of the molecule is CC/C=C\C/C=C\C/C=C\CCCCCC[C@H](O)CN(C[C@@H](O)CCCCCC/C=C\C/C=C\C/C=C\CC)C(C)CCSSCCN1CCN(CCOC(=O)CCC(C)N(CC(O)CCCCCCCC)CC(O)CCCCCCCC)CC1. The molecule has 10 nitrogen and oxygen atoms in total. The molecule has 0 aromatic rings. The summed E-state index contributed by atoms with van der Waals surface area (Å²) in [7, 11) is 3.92. The molecule has 4 N–H and O–H groups in total. The van der Waals surface area contributed by atoms with E-state index in [1.807, 2.05) is 21.6 Å². The van der Waals surface area contributed by atoms with Crippen LogP contribution in [0.2, 0.25) is 0 Å². The van der Waals surface area contributed by atoms with Crippen LogP contribution in [0.5, 0.6) is 0 Å². The summed E-state index contributed by atoms with van der Waals surface area (Å²) in [5, 5.41) is 44.6. The van der Waals surface area contributed by atoms with E-state index in [4.69, 9.17) is 4.74 Å². The number of carbonyl (C=O) groups excluding carboxylic acids is 1. The second kappa shape index (κ2) is 61.2. The number of hydrogen-bond donors (Lipinski definition) is 4. The Morgan fingerprint density at radius 3 is 1.18 bits per heavy atom. The molecule has 0 radical (unpaired) electrons. The predicted molar refractivity (Wildman–Crippen MR) is 374 cm³/mol. The lowest BCUT2D eigenvalue weighted by molar-refractivity contribution is -0.144. The number of esters is 1. The number of hydrogen-bond acceptors (Lipinski definition) is 12. The van der Waals surface area contributed by atoms with Gasteiger partial charge in [-0.25, -0.2) is 0 Å². The number of nitrogens with zero attached hydrogens (tertiary/aromatic N) is 4. The van der Waals surface area contributed by atoms with E-state index in [1.165, 1.54) is 77.0 Å². The summed E-state index contributed by atoms with van der Waals surface area (Å²) in [4.78, 5) is 22.6. The summed E-state index contributed by atoms with van der Waals surface area (Å²) in [5.74, 6) is 1.97. The fraction of sp³-hybridized carbons (Fsp3) is 0.822. The Hall–Kier alpha value is -1.71. The van der Waals surface area contributed by atoms with Crippen LogP contribution in [-0.4, -0.2) is 166 Å². The number of aliphatic hydroxyl groups is 4. The van der Waals surface area contributed by atoms with Gasteiger partial charge in [-0.2, -0.15) is 0 Å². The summed E-state index contributed by atoms with van der Waals surface area (Å²) in [6.45, 7) is 21.8. The van der Waals surface area contributed by atoms with Crippen LogP contribution >= 0.6 is 21.6 Å². The van der Waals surface area contributed by atoms with Gasteiger partial charge >= 0.3 is 5.97 Å². The average Bonchev–Trinajstić information content (AvgIpc) is 3.54. The van der Waals surface area contributed by atoms with Crippen LogP contribution in [0, 0.1) is 0 Å². The first-order chi connectivity index (χ1) is 41.5. The number of aliphatic hydroxyl groups excluding tert-OH is 4. The first-order valence-corrected chi connectivity index (χ1v) is 38.0. The summed E-state index contributed by atoms with van der Waals surface area (Å²) < 4.78 is 5.77. The van der Waals surface area contributed by atoms with Crippen molar-refractivity contribution in [3.05, 3.63) is 72.9 Å². The monoisotopic (exact) mass is 1230 g/mol. The molecule has 12 heteroatoms. The Labute approximate surface area is 533 Å². The quantitative estimate of drug-likeness (QED) is 0.0201. The molecule has 6 atom stereocenters. The van der Waals surface area contributed by atoms with Gasteiger partial charge in [-0.05, 0) is 117 Å². The van der Waals surface area contributed by atoms with Gasteiger partial charge in [0, 0.05) is 95.5 Å². The molecule has 1 saturated heterocycles. The standard InChI is InChI=1S/C73H136N4O6S2/c1-7-11-15-19-23-25-27-29-31-33-35-37-41-45-49-71(80)65-77(66-72(81)50-46-42-38-36-34-32-30-28-26-24-20-16-12-8-2)68(6)53-61-84-85-62-59-75-56-54-74(55-57-75)58-60-83-73(82)52-51-67(5)76(63-69(78)47-43-39-21-17-13-9-3)64-70(79)48-44-40-22-18-14-10-4/h11-12,15-16,23-26,29-32,67-72,78-81H,7-10,13-14,17-22,27-28,33-66H2,1-6H3/b15-11-,16-12-,25-23-,26-24-,31-29-,32-30-/t67?,68?,69?,70?,71-,72-/m0/s1. The maximum atomic E-state index is 13.0. The molecule has 1 heterocycles. The van der Waals surface area contributed by atoms with Gasteiger partial charge in [0.25, 0.3) is 0 Å². The Kier molecular flexibility index (Phi) is 58.5. The Morgan fingerprint density at radius 1 is 0.424 bits per heavy atom. The number of ether oxygens (including phenoxy) is 1. The van der Waals surface area contributed by atoms with Crippen LogP contribution in [0.3, 0.4) is 0 Å². The van der Waals surface area contributed by atoms with Crippen molar-refractivity contribution in [2.45, 2.75) is 303 Å². The largest absolute Gasteiger partial charge is 0.464 e. The molecule has 0 saturated carbocycles. The first-order valence-electron chi connectivity index (χ1n) is 35.5. The van der Waals surface area contributed by atoms with E-state index in [0.717, 1.165) is 186 Å². The summed E-state index contributed by atoms with van der Waals surface area (Å²) >= 11 is 0. The molecule has 85 heavy (non-hydrogen) atoms. The predicted octanol–water partition coefficient (Wildman–Crippen LogP) is 17.4. The van der Waals surface area contributed by atoms with Gasteiger partial charge in [0.05, 0.1) is 24.4 Å². The molecule has 1 rings (SSSR count). The number of allylic oxidation sites excluding steroid dienone is 12. The van der Waals surface area contributed by atoms with Gasteiger partial charge in [0.1, 0.15) is 6.61 Å². The van der Waals surface area contributed by atoms with E-state index in [1.54, 1.807) is 0 Å². The highest BCUT2D eigenvalue weighted by molar-refractivity contribution is 8.76. The second-order valence-electron chi connectivity index (χ2n) is 24.8. The van der Waals surface area contributed by atoms with Crippen molar-refractivity contribution < 1.29 is 30.0 Å². The van der Waals surface area contributed by atoms with E-state index in [0.29, 0.717) is 45.6 Å². The third kappa shape index (κ3) is 52.7. The highest BCUT2D eigenvalue weighted by Gasteiger charge is 2.24. The minimum atomic E-state index is -0.425. The molecule has 1 aliphatic heterocycles. The van der Waals surface area contributed by atoms with E-state index in [9.17, 15) is 25.2 Å². The molecule has 1 aliphatic rings. The molecule has 0 aromatic carbocycles. The van der Waals surface area contributed by atoms with Crippen LogP contribution in [-0.2, 0) is 9.53 Å². The summed E-state index contributed by atoms with van der Waals surface area (Å²) in [6, 6.07) is 0.353. The van der Waals surface area contributed by atoms with Gasteiger partial charge in [0.15, 0.2) is 0 Å². The fourth-order valence-electron chi connectivity index (χ4n) is 11.1. The van der Waals surface area contributed by atoms with Crippen LogP contribution < -0.4 is 0 Å². The van der Waals surface area contributed by atoms with E-state index in [2.05, 4.69) is 134 Å². The molecule has 1 fully saturated rings. The lowest BCUT2D eigenvalue weighted by Crippen LogP contribution is -2.47. The minimum absolute atomic E-state index is 0.0643. The molecule has 0 spiro atoms. The zero-order valence-corrected chi connectivity index (χ0v) is 57.7. The van der Waals surface area contributed by atoms with Gasteiger partial charge < -0.3 is 25.2 Å². The maximum Gasteiger partial charge on any atom is 0.305 e. The number of unbranched alkanes of at least 4 members (excludes halogenated alkanes) is 18. The number of carbonyl (C=O) groups is 1. The van der Waals surface area contributed by atoms with Crippen molar-refractivity contribution in [1.29, 1.82) is 0 Å². The van der Waals surface area contributed by atoms with Crippen molar-refractivity contribution in [1.82, 2.24) is 19.6 Å². The van der Waals surface area contributed by atoms with Gasteiger partial charge in [-0.1, -0.05) is 238 Å². The molecule has 0 aromatic heterocycles. The Bertz CT molecular complexity index is 1560. The molecule has 0 amide bonds. The van der Waals surface area contributed by atoms with Crippen LogP contribution in [0.25, 0.3) is 0 Å². The van der Waals surface area contributed by atoms with Crippen molar-refractivity contribution >= 4 is 27.6 Å². The zero-order valence-electron chi connectivity index (χ0n) is 56.0. The maximum absolute atomic E-state index is 13.0. The third-order valence-electron chi connectivity index (χ3n) is 16.8. The third-order valence-corrected chi connectivity index (χ3v) is 19.2. The van der Waals surface area contributed by atoms with Crippen LogP contribution in [0.15, 0.2) is 72.9 Å². The highest BCUT2D eigenvalue weighted by atomic mass is 33.1. The molecular formula is C73H136N4O6S2. The van der Waals surface area contributed by atoms with E-state index >= 15 is 0 Å². The number of piperazine rings is 1. The lowest BCUT2D eigenvalue weighted by Gasteiger charge is -2.34. The second-order valence-corrected chi connectivity index (χ2v) is 27.5. The fourth-order valence-corrected chi connectivity index (χ4v) is 13.3. The van der Waals surface area contributed by atoms with Crippen molar-refractivity contribution in [3.8, 4) is 0 Å². The highest BCUT2D eigenvalue weighted by Crippen LogP contribution is 2.25. The topological polar surface area (TPSA) is 120 Å². The molecule has 0 bridgehead atoms. The normalized spacial score (nSPS) is 16.3. The van der Waals surface area contributed by atoms with Gasteiger partial charge in [-0.3, -0.25) is 24.4 Å². The molecular weight excluding hydrogens is 1090 g/mol. The average molecular weight is 1230 g/mol. The zero-order chi connectivity index (χ0) is 61.9. The Balaban J connectivity index is 2.50. The molecule has 0 aliphatic carbocycles. The van der Waals surface area contributed by atoms with E-state index in [-0.39, 0.29) is 30.3 Å². The van der Waals surface area contributed by atoms with Gasteiger partial charge in [0.2, 0.25) is 0 Å². The molecule has 4 unspecified atom stereocenters. The lowest BCUT2D eigenvalue weighted by atomic mass is 10.0. The van der Waals surface area contributed by atoms with Crippen molar-refractivity contribution in [2.24, 2.45) is 0 Å². The summed E-state index contributed by atoms with van der Waals surface area (Å²) in [6.07, 6.45) is 62.8. The van der Waals surface area contributed by atoms with Crippen LogP contribution in [0.4, 0.5) is 0 Å². The number of rotatable bonds is 61. The summed E-state index contributed by atoms with van der Waals surface area (Å²) in [5.41, 5.74) is 0. The first kappa shape index (κ1) is 81.3.